The zero-order valence-corrected chi connectivity index (χ0v) is 9.77. The van der Waals surface area contributed by atoms with E-state index in [1.807, 2.05) is 0 Å². The van der Waals surface area contributed by atoms with Gasteiger partial charge in [0.25, 0.3) is 0 Å². The van der Waals surface area contributed by atoms with Crippen molar-refractivity contribution in [2.45, 2.75) is 39.4 Å². The molecule has 1 unspecified atom stereocenters. The third-order valence-electron chi connectivity index (χ3n) is 2.66. The molecule has 1 aromatic rings. The number of aryl methyl sites for hydroxylation is 1. The second-order valence-corrected chi connectivity index (χ2v) is 4.05. The van der Waals surface area contributed by atoms with Gasteiger partial charge in [-0.25, -0.2) is 9.13 Å². The van der Waals surface area contributed by atoms with Gasteiger partial charge in [-0.15, -0.1) is 0 Å². The van der Waals surface area contributed by atoms with E-state index in [-0.39, 0.29) is 0 Å². The molecular weight excluding hydrogens is 174 g/mol. The first-order chi connectivity index (χ1) is 6.65. The second kappa shape index (κ2) is 5.15. The zero-order valence-electron chi connectivity index (χ0n) is 9.77. The molecule has 80 valence electrons. The van der Waals surface area contributed by atoms with E-state index in [4.69, 9.17) is 0 Å². The van der Waals surface area contributed by atoms with Crippen molar-refractivity contribution in [1.29, 1.82) is 0 Å². The monoisotopic (exact) mass is 196 g/mol. The van der Waals surface area contributed by atoms with Crippen molar-refractivity contribution in [3.8, 4) is 0 Å². The van der Waals surface area contributed by atoms with Crippen LogP contribution in [-0.2, 0) is 6.54 Å². The zero-order chi connectivity index (χ0) is 10.6. The van der Waals surface area contributed by atoms with Crippen molar-refractivity contribution in [2.24, 2.45) is 0 Å². The molecule has 0 saturated heterocycles. The van der Waals surface area contributed by atoms with E-state index in [0.717, 1.165) is 6.54 Å². The van der Waals surface area contributed by atoms with Crippen LogP contribution >= 0.6 is 0 Å². The van der Waals surface area contributed by atoms with Crippen molar-refractivity contribution < 1.29 is 4.57 Å². The lowest BCUT2D eigenvalue weighted by Crippen LogP contribution is -2.32. The molecule has 3 heteroatoms. The predicted octanol–water partition coefficient (Wildman–Crippen LogP) is 1.66. The highest BCUT2D eigenvalue weighted by atomic mass is 15.3. The van der Waals surface area contributed by atoms with Gasteiger partial charge in [0.1, 0.15) is 12.4 Å². The molecule has 0 aliphatic rings. The Balaban J connectivity index is 2.58. The molecule has 0 fully saturated rings. The minimum atomic E-state index is 0.429. The number of imidazole rings is 1. The maximum atomic E-state index is 2.25. The molecule has 14 heavy (non-hydrogen) atoms. The van der Waals surface area contributed by atoms with E-state index in [1.54, 1.807) is 0 Å². The average molecular weight is 196 g/mol. The highest BCUT2D eigenvalue weighted by Gasteiger charge is 2.12. The topological polar surface area (TPSA) is 12.0 Å². The van der Waals surface area contributed by atoms with Crippen LogP contribution < -0.4 is 4.57 Å². The van der Waals surface area contributed by atoms with Gasteiger partial charge in [0.2, 0.25) is 6.33 Å². The second-order valence-electron chi connectivity index (χ2n) is 4.05. The summed E-state index contributed by atoms with van der Waals surface area (Å²) in [7, 11) is 4.20. The number of hydrogen-bond acceptors (Lipinski definition) is 1. The van der Waals surface area contributed by atoms with Crippen LogP contribution in [0.25, 0.3) is 0 Å². The third-order valence-corrected chi connectivity index (χ3v) is 2.66. The van der Waals surface area contributed by atoms with Gasteiger partial charge in [-0.3, -0.25) is 4.90 Å². The Morgan fingerprint density at radius 3 is 2.71 bits per heavy atom. The minimum absolute atomic E-state index is 0.429. The average Bonchev–Trinajstić information content (AvgIpc) is 2.61. The van der Waals surface area contributed by atoms with Crippen molar-refractivity contribution in [1.82, 2.24) is 9.47 Å². The summed E-state index contributed by atoms with van der Waals surface area (Å²) in [6, 6.07) is 0. The Hall–Kier alpha value is -0.830. The van der Waals surface area contributed by atoms with Crippen molar-refractivity contribution in [3.05, 3.63) is 18.7 Å². The van der Waals surface area contributed by atoms with Crippen LogP contribution in [0.5, 0.6) is 0 Å². The van der Waals surface area contributed by atoms with Gasteiger partial charge < -0.3 is 0 Å². The summed E-state index contributed by atoms with van der Waals surface area (Å²) in [5, 5.41) is 0. The summed E-state index contributed by atoms with van der Waals surface area (Å²) >= 11 is 0. The highest BCUT2D eigenvalue weighted by molar-refractivity contribution is 4.71. The molecule has 0 N–H and O–H groups in total. The fourth-order valence-electron chi connectivity index (χ4n) is 1.37. The SMILES string of the molecule is CCCC[n+]1ccn(C(C)N(C)C)c1. The van der Waals surface area contributed by atoms with Crippen molar-refractivity contribution in [2.75, 3.05) is 14.1 Å². The summed E-state index contributed by atoms with van der Waals surface area (Å²) in [5.74, 6) is 0. The smallest absolute Gasteiger partial charge is 0.245 e. The highest BCUT2D eigenvalue weighted by Crippen LogP contribution is 2.05. The largest absolute Gasteiger partial charge is 0.271 e. The molecule has 0 saturated carbocycles. The van der Waals surface area contributed by atoms with Crippen molar-refractivity contribution in [3.63, 3.8) is 0 Å². The molecule has 0 radical (unpaired) electrons. The third kappa shape index (κ3) is 2.84. The van der Waals surface area contributed by atoms with E-state index in [0.29, 0.717) is 6.17 Å². The van der Waals surface area contributed by atoms with E-state index in [1.165, 1.54) is 12.8 Å². The van der Waals surface area contributed by atoms with Crippen molar-refractivity contribution >= 4 is 0 Å². The Bertz CT molecular complexity index is 265. The molecule has 0 bridgehead atoms. The molecule has 0 aromatic carbocycles. The van der Waals surface area contributed by atoms with E-state index in [9.17, 15) is 0 Å². The van der Waals surface area contributed by atoms with E-state index in [2.05, 4.69) is 60.7 Å². The van der Waals surface area contributed by atoms with Gasteiger partial charge in [-0.05, 0) is 27.4 Å². The summed E-state index contributed by atoms with van der Waals surface area (Å²) in [4.78, 5) is 2.20. The summed E-state index contributed by atoms with van der Waals surface area (Å²) in [5.41, 5.74) is 0. The fourth-order valence-corrected chi connectivity index (χ4v) is 1.37. The molecule has 0 amide bonds. The Kier molecular flexibility index (Phi) is 4.14. The van der Waals surface area contributed by atoms with Crippen LogP contribution in [0, 0.1) is 0 Å². The first-order valence-electron chi connectivity index (χ1n) is 5.38. The van der Waals surface area contributed by atoms with Gasteiger partial charge >= 0.3 is 0 Å². The minimum Gasteiger partial charge on any atom is -0.271 e. The summed E-state index contributed by atoms with van der Waals surface area (Å²) in [6.07, 6.45) is 9.40. The van der Waals surface area contributed by atoms with Crippen LogP contribution in [-0.4, -0.2) is 23.6 Å². The van der Waals surface area contributed by atoms with Crippen LogP contribution in [0.4, 0.5) is 0 Å². The Labute approximate surface area is 87.0 Å². The molecule has 1 heterocycles. The van der Waals surface area contributed by atoms with E-state index < -0.39 is 0 Å². The normalized spacial score (nSPS) is 13.5. The van der Waals surface area contributed by atoms with E-state index >= 15 is 0 Å². The number of aromatic nitrogens is 2. The molecule has 3 nitrogen and oxygen atoms in total. The van der Waals surface area contributed by atoms with Crippen LogP contribution in [0.1, 0.15) is 32.9 Å². The quantitative estimate of drug-likeness (QED) is 0.652. The summed E-state index contributed by atoms with van der Waals surface area (Å²) in [6.45, 7) is 5.55. The van der Waals surface area contributed by atoms with Gasteiger partial charge in [0, 0.05) is 0 Å². The lowest BCUT2D eigenvalue weighted by molar-refractivity contribution is -0.697. The van der Waals surface area contributed by atoms with Gasteiger partial charge in [-0.2, -0.15) is 0 Å². The Morgan fingerprint density at radius 1 is 1.43 bits per heavy atom. The van der Waals surface area contributed by atoms with Crippen LogP contribution in [0.15, 0.2) is 18.7 Å². The predicted molar refractivity (Wildman–Crippen MR) is 57.9 cm³/mol. The number of hydrogen-bond donors (Lipinski definition) is 0. The molecule has 0 aliphatic carbocycles. The molecule has 1 aromatic heterocycles. The van der Waals surface area contributed by atoms with Gasteiger partial charge in [-0.1, -0.05) is 13.3 Å². The number of unbranched alkanes of at least 4 members (excludes halogenated alkanes) is 1. The molecule has 1 rings (SSSR count). The maximum absolute atomic E-state index is 2.25. The van der Waals surface area contributed by atoms with Crippen LogP contribution in [0.3, 0.4) is 0 Å². The lowest BCUT2D eigenvalue weighted by Gasteiger charge is -2.15. The molecule has 0 aliphatic heterocycles. The fraction of sp³-hybridized carbons (Fsp3) is 0.727. The number of nitrogens with zero attached hydrogens (tertiary/aromatic N) is 3. The number of rotatable bonds is 5. The maximum Gasteiger partial charge on any atom is 0.245 e. The Morgan fingerprint density at radius 2 is 2.14 bits per heavy atom. The van der Waals surface area contributed by atoms with Gasteiger partial charge in [0.15, 0.2) is 6.17 Å². The lowest BCUT2D eigenvalue weighted by atomic mass is 10.3. The standard InChI is InChI=1S/C11H22N3/c1-5-6-7-13-8-9-14(10-13)11(2)12(3)4/h8-11H,5-7H2,1-4H3/q+1. The van der Waals surface area contributed by atoms with Crippen LogP contribution in [0.2, 0.25) is 0 Å². The molecule has 0 spiro atoms. The summed E-state index contributed by atoms with van der Waals surface area (Å²) < 4.78 is 4.49. The molecule has 1 atom stereocenters. The molecular formula is C11H22N3+. The first kappa shape index (κ1) is 11.2. The van der Waals surface area contributed by atoms with Gasteiger partial charge in [0.05, 0.1) is 6.54 Å². The first-order valence-corrected chi connectivity index (χ1v) is 5.38.